The van der Waals surface area contributed by atoms with E-state index in [1.54, 1.807) is 0 Å². The Morgan fingerprint density at radius 1 is 1.25 bits per heavy atom. The maximum atomic E-state index is 5.71. The molecule has 0 fully saturated rings. The van der Waals surface area contributed by atoms with Crippen LogP contribution < -0.4 is 10.1 Å². The molecule has 1 atom stereocenters. The molecule has 1 aliphatic rings. The summed E-state index contributed by atoms with van der Waals surface area (Å²) in [7, 11) is 0. The predicted molar refractivity (Wildman–Crippen MR) is 84.6 cm³/mol. The zero-order chi connectivity index (χ0) is 14.2. The van der Waals surface area contributed by atoms with E-state index in [2.05, 4.69) is 48.3 Å². The molecule has 0 amide bonds. The highest BCUT2D eigenvalue weighted by Crippen LogP contribution is 2.32. The van der Waals surface area contributed by atoms with Crippen LogP contribution in [0.4, 0.5) is 0 Å². The van der Waals surface area contributed by atoms with Gasteiger partial charge in [-0.05, 0) is 37.6 Å². The lowest BCUT2D eigenvalue weighted by atomic mass is 9.93. The zero-order valence-corrected chi connectivity index (χ0v) is 12.9. The fraction of sp³-hybridized carbons (Fsp3) is 0.647. The summed E-state index contributed by atoms with van der Waals surface area (Å²) in [4.78, 5) is 2.50. The van der Waals surface area contributed by atoms with Gasteiger partial charge in [-0.3, -0.25) is 0 Å². The van der Waals surface area contributed by atoms with Crippen LogP contribution in [0.2, 0.25) is 0 Å². The summed E-state index contributed by atoms with van der Waals surface area (Å²) >= 11 is 0. The monoisotopic (exact) mass is 276 g/mol. The van der Waals surface area contributed by atoms with Gasteiger partial charge in [-0.2, -0.15) is 0 Å². The first-order valence-corrected chi connectivity index (χ1v) is 8.00. The lowest BCUT2D eigenvalue weighted by Crippen LogP contribution is -2.35. The topological polar surface area (TPSA) is 24.5 Å². The maximum absolute atomic E-state index is 5.71. The second kappa shape index (κ2) is 8.28. The Bertz CT molecular complexity index is 394. The fourth-order valence-corrected chi connectivity index (χ4v) is 2.89. The number of hydrogen-bond acceptors (Lipinski definition) is 3. The standard InChI is InChI=1S/C17H28N2O/c1-3-11-19(4-2)12-10-18-14-15-9-13-20-17-8-6-5-7-16(15)17/h5-8,15,18H,3-4,9-14H2,1-2H3. The molecule has 0 saturated carbocycles. The quantitative estimate of drug-likeness (QED) is 0.739. The van der Waals surface area contributed by atoms with Gasteiger partial charge in [0, 0.05) is 25.6 Å². The maximum Gasteiger partial charge on any atom is 0.122 e. The van der Waals surface area contributed by atoms with Crippen molar-refractivity contribution in [1.29, 1.82) is 0 Å². The summed E-state index contributed by atoms with van der Waals surface area (Å²) in [6.07, 6.45) is 2.36. The zero-order valence-electron chi connectivity index (χ0n) is 12.9. The molecule has 1 heterocycles. The molecule has 112 valence electrons. The average molecular weight is 276 g/mol. The Balaban J connectivity index is 1.75. The van der Waals surface area contributed by atoms with Gasteiger partial charge in [0.1, 0.15) is 5.75 Å². The van der Waals surface area contributed by atoms with Gasteiger partial charge in [0.05, 0.1) is 6.61 Å². The molecule has 0 spiro atoms. The highest BCUT2D eigenvalue weighted by Gasteiger charge is 2.20. The summed E-state index contributed by atoms with van der Waals surface area (Å²) in [5.41, 5.74) is 1.37. The van der Waals surface area contributed by atoms with Crippen LogP contribution in [-0.4, -0.2) is 44.2 Å². The molecular formula is C17H28N2O. The molecule has 20 heavy (non-hydrogen) atoms. The summed E-state index contributed by atoms with van der Waals surface area (Å²) < 4.78 is 5.71. The molecule has 1 aromatic rings. The van der Waals surface area contributed by atoms with Crippen LogP contribution in [0.25, 0.3) is 0 Å². The smallest absolute Gasteiger partial charge is 0.122 e. The Morgan fingerprint density at radius 2 is 2.10 bits per heavy atom. The molecule has 0 bridgehead atoms. The molecule has 0 saturated heterocycles. The molecule has 1 aromatic carbocycles. The molecule has 2 rings (SSSR count). The van der Waals surface area contributed by atoms with Crippen molar-refractivity contribution in [2.24, 2.45) is 0 Å². The molecule has 3 nitrogen and oxygen atoms in total. The fourth-order valence-electron chi connectivity index (χ4n) is 2.89. The molecular weight excluding hydrogens is 248 g/mol. The summed E-state index contributed by atoms with van der Waals surface area (Å²) in [6, 6.07) is 8.46. The van der Waals surface area contributed by atoms with E-state index in [0.29, 0.717) is 5.92 Å². The second-order valence-electron chi connectivity index (χ2n) is 5.51. The molecule has 1 aliphatic heterocycles. The average Bonchev–Trinajstić information content (AvgIpc) is 2.50. The molecule has 3 heteroatoms. The minimum absolute atomic E-state index is 0.598. The van der Waals surface area contributed by atoms with Gasteiger partial charge in [0.25, 0.3) is 0 Å². The largest absolute Gasteiger partial charge is 0.493 e. The van der Waals surface area contributed by atoms with Crippen LogP contribution in [0.15, 0.2) is 24.3 Å². The summed E-state index contributed by atoms with van der Waals surface area (Å²) in [5.74, 6) is 1.67. The first kappa shape index (κ1) is 15.3. The van der Waals surface area contributed by atoms with Crippen molar-refractivity contribution in [3.63, 3.8) is 0 Å². The molecule has 1 N–H and O–H groups in total. The van der Waals surface area contributed by atoms with Crippen molar-refractivity contribution >= 4 is 0 Å². The Kier molecular flexibility index (Phi) is 6.34. The number of fused-ring (bicyclic) bond motifs is 1. The van der Waals surface area contributed by atoms with Gasteiger partial charge in [-0.15, -0.1) is 0 Å². The van der Waals surface area contributed by atoms with Crippen LogP contribution in [0, 0.1) is 0 Å². The van der Waals surface area contributed by atoms with Gasteiger partial charge in [-0.25, -0.2) is 0 Å². The van der Waals surface area contributed by atoms with E-state index in [1.807, 2.05) is 0 Å². The third-order valence-corrected chi connectivity index (χ3v) is 4.07. The lowest BCUT2D eigenvalue weighted by Gasteiger charge is -2.26. The summed E-state index contributed by atoms with van der Waals surface area (Å²) in [5, 5.41) is 3.62. The van der Waals surface area contributed by atoms with E-state index in [4.69, 9.17) is 4.74 Å². The minimum Gasteiger partial charge on any atom is -0.493 e. The first-order valence-electron chi connectivity index (χ1n) is 8.00. The Morgan fingerprint density at radius 3 is 2.90 bits per heavy atom. The van der Waals surface area contributed by atoms with E-state index >= 15 is 0 Å². The predicted octanol–water partition coefficient (Wildman–Crippen LogP) is 2.87. The number of benzene rings is 1. The molecule has 0 aliphatic carbocycles. The van der Waals surface area contributed by atoms with Crippen molar-refractivity contribution in [3.8, 4) is 5.75 Å². The van der Waals surface area contributed by atoms with E-state index in [0.717, 1.165) is 45.0 Å². The third kappa shape index (κ3) is 4.22. The number of likely N-dealkylation sites (N-methyl/N-ethyl adjacent to an activating group) is 1. The Labute approximate surface area is 123 Å². The van der Waals surface area contributed by atoms with E-state index in [9.17, 15) is 0 Å². The number of nitrogens with one attached hydrogen (secondary N) is 1. The van der Waals surface area contributed by atoms with Crippen LogP contribution >= 0.6 is 0 Å². The second-order valence-corrected chi connectivity index (χ2v) is 5.51. The van der Waals surface area contributed by atoms with Gasteiger partial charge in [0.2, 0.25) is 0 Å². The molecule has 1 unspecified atom stereocenters. The number of ether oxygens (including phenoxy) is 1. The number of nitrogens with zero attached hydrogens (tertiary/aromatic N) is 1. The van der Waals surface area contributed by atoms with Crippen LogP contribution in [0.5, 0.6) is 5.75 Å². The van der Waals surface area contributed by atoms with Crippen molar-refractivity contribution in [2.45, 2.75) is 32.6 Å². The van der Waals surface area contributed by atoms with Gasteiger partial charge < -0.3 is 15.0 Å². The van der Waals surface area contributed by atoms with Crippen molar-refractivity contribution in [1.82, 2.24) is 10.2 Å². The van der Waals surface area contributed by atoms with Gasteiger partial charge in [-0.1, -0.05) is 32.0 Å². The lowest BCUT2D eigenvalue weighted by molar-refractivity contribution is 0.259. The van der Waals surface area contributed by atoms with Crippen LogP contribution in [0.3, 0.4) is 0 Å². The summed E-state index contributed by atoms with van der Waals surface area (Å²) in [6.45, 7) is 11.0. The van der Waals surface area contributed by atoms with E-state index in [-0.39, 0.29) is 0 Å². The molecule has 0 radical (unpaired) electrons. The van der Waals surface area contributed by atoms with Crippen molar-refractivity contribution in [3.05, 3.63) is 29.8 Å². The first-order chi connectivity index (χ1) is 9.85. The van der Waals surface area contributed by atoms with Crippen LogP contribution in [0.1, 0.15) is 38.2 Å². The third-order valence-electron chi connectivity index (χ3n) is 4.07. The number of para-hydroxylation sites is 1. The highest BCUT2D eigenvalue weighted by atomic mass is 16.5. The van der Waals surface area contributed by atoms with Crippen LogP contribution in [-0.2, 0) is 0 Å². The Hall–Kier alpha value is -1.06. The van der Waals surface area contributed by atoms with Gasteiger partial charge >= 0.3 is 0 Å². The number of rotatable bonds is 8. The normalized spacial score (nSPS) is 17.9. The van der Waals surface area contributed by atoms with E-state index in [1.165, 1.54) is 18.5 Å². The van der Waals surface area contributed by atoms with Crippen molar-refractivity contribution < 1.29 is 4.74 Å². The number of hydrogen-bond donors (Lipinski definition) is 1. The molecule has 0 aromatic heterocycles. The van der Waals surface area contributed by atoms with E-state index < -0.39 is 0 Å². The minimum atomic E-state index is 0.598. The van der Waals surface area contributed by atoms with Gasteiger partial charge in [0.15, 0.2) is 0 Å². The SMILES string of the molecule is CCCN(CC)CCNCC1CCOc2ccccc21. The van der Waals surface area contributed by atoms with Crippen molar-refractivity contribution in [2.75, 3.05) is 39.3 Å². The highest BCUT2D eigenvalue weighted by molar-refractivity contribution is 5.37.